The summed E-state index contributed by atoms with van der Waals surface area (Å²) in [5.41, 5.74) is 1.02. The Kier molecular flexibility index (Phi) is 2.74. The molecular formula is C11H16O. The third-order valence-corrected chi connectivity index (χ3v) is 2.49. The molecule has 1 N–H and O–H groups in total. The summed E-state index contributed by atoms with van der Waals surface area (Å²) < 4.78 is 0. The Bertz CT molecular complexity index is 235. The topological polar surface area (TPSA) is 20.2 Å². The van der Waals surface area contributed by atoms with Gasteiger partial charge in [-0.1, -0.05) is 32.9 Å². The van der Waals surface area contributed by atoms with E-state index in [1.165, 1.54) is 0 Å². The minimum Gasteiger partial charge on any atom is -0.508 e. The maximum atomic E-state index is 9.17. The van der Waals surface area contributed by atoms with E-state index in [4.69, 9.17) is 5.11 Å². The van der Waals surface area contributed by atoms with Crippen molar-refractivity contribution in [2.45, 2.75) is 20.3 Å². The summed E-state index contributed by atoms with van der Waals surface area (Å²) in [5, 5.41) is 9.17. The molecule has 0 radical (unpaired) electrons. The van der Waals surface area contributed by atoms with E-state index in [-0.39, 0.29) is 0 Å². The number of aliphatic hydroxyl groups is 1. The highest BCUT2D eigenvalue weighted by Gasteiger charge is 2.17. The van der Waals surface area contributed by atoms with Crippen LogP contribution in [0.15, 0.2) is 36.1 Å². The van der Waals surface area contributed by atoms with Gasteiger partial charge < -0.3 is 5.11 Å². The molecule has 1 rings (SSSR count). The molecule has 1 aliphatic rings. The van der Waals surface area contributed by atoms with Gasteiger partial charge in [0.05, 0.1) is 0 Å². The zero-order valence-electron chi connectivity index (χ0n) is 7.75. The molecule has 1 aliphatic carbocycles. The molecule has 0 amide bonds. The molecule has 0 fully saturated rings. The molecule has 0 aromatic carbocycles. The second kappa shape index (κ2) is 3.61. The molecule has 0 aromatic heterocycles. The number of aliphatic hydroxyl groups excluding tert-OH is 1. The first-order valence-corrected chi connectivity index (χ1v) is 4.42. The van der Waals surface area contributed by atoms with E-state index in [0.717, 1.165) is 12.0 Å². The van der Waals surface area contributed by atoms with E-state index in [9.17, 15) is 0 Å². The molecule has 1 nitrogen and oxygen atoms in total. The van der Waals surface area contributed by atoms with E-state index in [2.05, 4.69) is 20.4 Å². The van der Waals surface area contributed by atoms with Gasteiger partial charge in [-0.3, -0.25) is 0 Å². The Morgan fingerprint density at radius 3 is 2.83 bits per heavy atom. The van der Waals surface area contributed by atoms with Crippen LogP contribution in [0.3, 0.4) is 0 Å². The number of allylic oxidation sites excluding steroid dienone is 4. The molecule has 2 unspecified atom stereocenters. The highest BCUT2D eigenvalue weighted by atomic mass is 16.3. The third kappa shape index (κ3) is 1.79. The summed E-state index contributed by atoms with van der Waals surface area (Å²) >= 11 is 0. The lowest BCUT2D eigenvalue weighted by Crippen LogP contribution is -2.12. The normalized spacial score (nSPS) is 25.3. The van der Waals surface area contributed by atoms with Gasteiger partial charge in [0, 0.05) is 5.92 Å². The van der Waals surface area contributed by atoms with Crippen molar-refractivity contribution in [1.82, 2.24) is 0 Å². The maximum Gasteiger partial charge on any atom is 0.115 e. The van der Waals surface area contributed by atoms with E-state index in [0.29, 0.717) is 17.6 Å². The van der Waals surface area contributed by atoms with Crippen LogP contribution in [0.25, 0.3) is 0 Å². The average molecular weight is 164 g/mol. The number of hydrogen-bond acceptors (Lipinski definition) is 1. The molecule has 1 heteroatoms. The third-order valence-electron chi connectivity index (χ3n) is 2.49. The van der Waals surface area contributed by atoms with Crippen molar-refractivity contribution >= 4 is 0 Å². The van der Waals surface area contributed by atoms with Crippen LogP contribution in [0.2, 0.25) is 0 Å². The van der Waals surface area contributed by atoms with Crippen molar-refractivity contribution in [1.29, 1.82) is 0 Å². The summed E-state index contributed by atoms with van der Waals surface area (Å²) in [7, 11) is 0. The quantitative estimate of drug-likeness (QED) is 0.664. The highest BCUT2D eigenvalue weighted by Crippen LogP contribution is 2.28. The van der Waals surface area contributed by atoms with Crippen LogP contribution in [0.1, 0.15) is 20.3 Å². The SMILES string of the molecule is C=C1C=C(O)C=CC1C(C)CC. The van der Waals surface area contributed by atoms with Gasteiger partial charge in [0.2, 0.25) is 0 Å². The fourth-order valence-electron chi connectivity index (χ4n) is 1.47. The molecular weight excluding hydrogens is 148 g/mol. The molecule has 0 spiro atoms. The summed E-state index contributed by atoms with van der Waals surface area (Å²) in [6, 6.07) is 0. The van der Waals surface area contributed by atoms with Crippen LogP contribution in [0.4, 0.5) is 0 Å². The molecule has 0 saturated carbocycles. The van der Waals surface area contributed by atoms with Crippen LogP contribution >= 0.6 is 0 Å². The van der Waals surface area contributed by atoms with E-state index in [1.54, 1.807) is 12.2 Å². The maximum absolute atomic E-state index is 9.17. The van der Waals surface area contributed by atoms with Gasteiger partial charge in [-0.15, -0.1) is 0 Å². The fraction of sp³-hybridized carbons (Fsp3) is 0.455. The van der Waals surface area contributed by atoms with Gasteiger partial charge in [0.15, 0.2) is 0 Å². The van der Waals surface area contributed by atoms with Crippen molar-refractivity contribution in [3.8, 4) is 0 Å². The van der Waals surface area contributed by atoms with Crippen molar-refractivity contribution in [3.05, 3.63) is 36.1 Å². The van der Waals surface area contributed by atoms with Crippen molar-refractivity contribution < 1.29 is 5.11 Å². The largest absolute Gasteiger partial charge is 0.508 e. The van der Waals surface area contributed by atoms with Crippen LogP contribution in [0, 0.1) is 11.8 Å². The molecule has 0 saturated heterocycles. The smallest absolute Gasteiger partial charge is 0.115 e. The van der Waals surface area contributed by atoms with E-state index < -0.39 is 0 Å². The number of rotatable bonds is 2. The first kappa shape index (κ1) is 9.11. The summed E-state index contributed by atoms with van der Waals surface area (Å²) in [6.45, 7) is 8.30. The predicted octanol–water partition coefficient (Wildman–Crippen LogP) is 3.22. The Morgan fingerprint density at radius 2 is 2.33 bits per heavy atom. The van der Waals surface area contributed by atoms with Gasteiger partial charge in [0.25, 0.3) is 0 Å². The Labute approximate surface area is 74.1 Å². The standard InChI is InChI=1S/C11H16O/c1-4-8(2)11-6-5-10(12)7-9(11)3/h5-8,11-12H,3-4H2,1-2H3. The molecule has 2 atom stereocenters. The van der Waals surface area contributed by atoms with E-state index in [1.807, 2.05) is 6.08 Å². The first-order valence-electron chi connectivity index (χ1n) is 4.42. The molecule has 0 aliphatic heterocycles. The zero-order chi connectivity index (χ0) is 9.14. The zero-order valence-corrected chi connectivity index (χ0v) is 7.75. The Hall–Kier alpha value is -0.980. The van der Waals surface area contributed by atoms with Gasteiger partial charge >= 0.3 is 0 Å². The second-order valence-corrected chi connectivity index (χ2v) is 3.41. The highest BCUT2D eigenvalue weighted by molar-refractivity contribution is 5.34. The predicted molar refractivity (Wildman–Crippen MR) is 51.9 cm³/mol. The fourth-order valence-corrected chi connectivity index (χ4v) is 1.47. The summed E-state index contributed by atoms with van der Waals surface area (Å²) in [6.07, 6.45) is 6.68. The molecule has 0 bridgehead atoms. The monoisotopic (exact) mass is 164 g/mol. The lowest BCUT2D eigenvalue weighted by molar-refractivity contribution is 0.415. The molecule has 12 heavy (non-hydrogen) atoms. The van der Waals surface area contributed by atoms with Crippen LogP contribution < -0.4 is 0 Å². The second-order valence-electron chi connectivity index (χ2n) is 3.41. The minimum absolute atomic E-state index is 0.319. The number of hydrogen-bond donors (Lipinski definition) is 1. The average Bonchev–Trinajstić information content (AvgIpc) is 2.03. The minimum atomic E-state index is 0.319. The van der Waals surface area contributed by atoms with Crippen molar-refractivity contribution in [3.63, 3.8) is 0 Å². The van der Waals surface area contributed by atoms with Crippen LogP contribution in [0.5, 0.6) is 0 Å². The summed E-state index contributed by atoms with van der Waals surface area (Å²) in [4.78, 5) is 0. The van der Waals surface area contributed by atoms with Gasteiger partial charge in [-0.2, -0.15) is 0 Å². The lowest BCUT2D eigenvalue weighted by atomic mass is 9.83. The first-order chi connectivity index (χ1) is 5.65. The summed E-state index contributed by atoms with van der Waals surface area (Å²) in [5.74, 6) is 1.34. The molecule has 0 aromatic rings. The Balaban J connectivity index is 2.72. The van der Waals surface area contributed by atoms with Crippen LogP contribution in [-0.4, -0.2) is 5.11 Å². The molecule has 66 valence electrons. The van der Waals surface area contributed by atoms with Crippen molar-refractivity contribution in [2.75, 3.05) is 0 Å². The molecule has 0 heterocycles. The van der Waals surface area contributed by atoms with Crippen LogP contribution in [-0.2, 0) is 0 Å². The lowest BCUT2D eigenvalue weighted by Gasteiger charge is -2.22. The van der Waals surface area contributed by atoms with Gasteiger partial charge in [-0.25, -0.2) is 0 Å². The van der Waals surface area contributed by atoms with Gasteiger partial charge in [-0.05, 0) is 23.6 Å². The van der Waals surface area contributed by atoms with E-state index >= 15 is 0 Å². The van der Waals surface area contributed by atoms with Crippen molar-refractivity contribution in [2.24, 2.45) is 11.8 Å². The Morgan fingerprint density at radius 1 is 1.67 bits per heavy atom. The van der Waals surface area contributed by atoms with Gasteiger partial charge in [0.1, 0.15) is 5.76 Å².